The average molecular weight is 535 g/mol. The number of rotatable bonds is 3. The van der Waals surface area contributed by atoms with E-state index in [2.05, 4.69) is 118 Å². The number of para-hydroxylation sites is 3. The van der Waals surface area contributed by atoms with Gasteiger partial charge in [-0.25, -0.2) is 0 Å². The minimum atomic E-state index is 0.641. The fourth-order valence-electron chi connectivity index (χ4n) is 6.41. The minimum Gasteiger partial charge on any atom is -0.309 e. The molecule has 0 aliphatic carbocycles. The molecule has 0 amide bonds. The van der Waals surface area contributed by atoms with Gasteiger partial charge in [0.2, 0.25) is 0 Å². The van der Waals surface area contributed by atoms with Crippen molar-refractivity contribution in [2.75, 3.05) is 0 Å². The summed E-state index contributed by atoms with van der Waals surface area (Å²) in [6.07, 6.45) is 0. The zero-order valence-corrected chi connectivity index (χ0v) is 22.5. The van der Waals surface area contributed by atoms with Crippen LogP contribution in [0, 0.1) is 22.7 Å². The topological polar surface area (TPSA) is 57.4 Å². The standard InChI is InChI=1S/C38H22N4/c39-23-25-16-19-27(20-17-25)41-35-14-6-3-10-31(35)38-30(11-7-15-37(38)41)28-8-1-4-12-33(28)42-34-13-5-2-9-29(34)32-22-26(24-40)18-21-36(32)42/h1-22H. The van der Waals surface area contributed by atoms with Gasteiger partial charge >= 0.3 is 0 Å². The molecule has 0 fully saturated rings. The van der Waals surface area contributed by atoms with Crippen LogP contribution >= 0.6 is 0 Å². The van der Waals surface area contributed by atoms with Gasteiger partial charge in [0.05, 0.1) is 51.0 Å². The summed E-state index contributed by atoms with van der Waals surface area (Å²) >= 11 is 0. The molecule has 8 rings (SSSR count). The third kappa shape index (κ3) is 3.40. The highest BCUT2D eigenvalue weighted by Crippen LogP contribution is 2.42. The Morgan fingerprint density at radius 1 is 0.429 bits per heavy atom. The van der Waals surface area contributed by atoms with Gasteiger partial charge in [-0.1, -0.05) is 66.7 Å². The van der Waals surface area contributed by atoms with E-state index < -0.39 is 0 Å². The summed E-state index contributed by atoms with van der Waals surface area (Å²) in [5.74, 6) is 0. The van der Waals surface area contributed by atoms with Crippen molar-refractivity contribution in [1.82, 2.24) is 9.13 Å². The maximum absolute atomic E-state index is 9.61. The first-order valence-corrected chi connectivity index (χ1v) is 13.8. The first-order valence-electron chi connectivity index (χ1n) is 13.8. The van der Waals surface area contributed by atoms with Crippen molar-refractivity contribution in [2.45, 2.75) is 0 Å². The summed E-state index contributed by atoms with van der Waals surface area (Å²) in [6, 6.07) is 50.2. The lowest BCUT2D eigenvalue weighted by Gasteiger charge is -2.15. The van der Waals surface area contributed by atoms with Gasteiger partial charge in [-0.15, -0.1) is 0 Å². The van der Waals surface area contributed by atoms with Gasteiger partial charge in [-0.3, -0.25) is 0 Å². The van der Waals surface area contributed by atoms with Gasteiger partial charge in [0, 0.05) is 32.8 Å². The molecule has 0 saturated carbocycles. The van der Waals surface area contributed by atoms with E-state index in [1.165, 1.54) is 10.8 Å². The van der Waals surface area contributed by atoms with Crippen molar-refractivity contribution in [2.24, 2.45) is 0 Å². The van der Waals surface area contributed by atoms with Crippen LogP contribution in [0.2, 0.25) is 0 Å². The van der Waals surface area contributed by atoms with Crippen molar-refractivity contribution in [3.8, 4) is 34.6 Å². The molecule has 8 aromatic rings. The predicted octanol–water partition coefficient (Wildman–Crippen LogP) is 9.29. The summed E-state index contributed by atoms with van der Waals surface area (Å²) in [4.78, 5) is 0. The number of aromatic nitrogens is 2. The van der Waals surface area contributed by atoms with E-state index in [-0.39, 0.29) is 0 Å². The van der Waals surface area contributed by atoms with Crippen molar-refractivity contribution in [3.63, 3.8) is 0 Å². The van der Waals surface area contributed by atoms with Gasteiger partial charge < -0.3 is 9.13 Å². The fourth-order valence-corrected chi connectivity index (χ4v) is 6.41. The molecule has 42 heavy (non-hydrogen) atoms. The normalized spacial score (nSPS) is 11.3. The van der Waals surface area contributed by atoms with E-state index in [1.807, 2.05) is 36.4 Å². The molecular formula is C38H22N4. The molecule has 0 aliphatic heterocycles. The van der Waals surface area contributed by atoms with E-state index in [9.17, 15) is 10.5 Å². The number of hydrogen-bond donors (Lipinski definition) is 0. The van der Waals surface area contributed by atoms with Gasteiger partial charge in [0.15, 0.2) is 0 Å². The summed E-state index contributed by atoms with van der Waals surface area (Å²) in [5.41, 5.74) is 10.0. The average Bonchev–Trinajstić information content (AvgIpc) is 3.57. The molecule has 0 spiro atoms. The Bertz CT molecular complexity index is 2430. The Morgan fingerprint density at radius 3 is 1.81 bits per heavy atom. The van der Waals surface area contributed by atoms with E-state index in [1.54, 1.807) is 0 Å². The fraction of sp³-hybridized carbons (Fsp3) is 0. The number of fused-ring (bicyclic) bond motifs is 6. The van der Waals surface area contributed by atoms with Crippen molar-refractivity contribution in [1.29, 1.82) is 10.5 Å². The third-order valence-corrected chi connectivity index (χ3v) is 8.19. The number of nitrogens with zero attached hydrogens (tertiary/aromatic N) is 4. The summed E-state index contributed by atoms with van der Waals surface area (Å²) in [5, 5.41) is 23.5. The van der Waals surface area contributed by atoms with Crippen LogP contribution in [0.3, 0.4) is 0 Å². The molecular weight excluding hydrogens is 512 g/mol. The molecule has 4 heteroatoms. The second-order valence-electron chi connectivity index (χ2n) is 10.4. The van der Waals surface area contributed by atoms with Crippen LogP contribution in [0.4, 0.5) is 0 Å². The van der Waals surface area contributed by atoms with Crippen molar-refractivity contribution < 1.29 is 0 Å². The molecule has 0 N–H and O–H groups in total. The molecule has 0 bridgehead atoms. The zero-order valence-electron chi connectivity index (χ0n) is 22.5. The Labute approximate surface area is 242 Å². The van der Waals surface area contributed by atoms with Crippen LogP contribution in [0.25, 0.3) is 66.1 Å². The third-order valence-electron chi connectivity index (χ3n) is 8.19. The van der Waals surface area contributed by atoms with Gasteiger partial charge in [-0.2, -0.15) is 10.5 Å². The molecule has 2 aromatic heterocycles. The summed E-state index contributed by atoms with van der Waals surface area (Å²) < 4.78 is 4.60. The SMILES string of the molecule is N#Cc1ccc(-n2c3ccccc3c3c(-c4ccccc4-n4c5ccccc5c5cc(C#N)ccc54)cccc32)cc1. The van der Waals surface area contributed by atoms with Crippen molar-refractivity contribution in [3.05, 3.63) is 145 Å². The van der Waals surface area contributed by atoms with Crippen LogP contribution in [0.15, 0.2) is 133 Å². The van der Waals surface area contributed by atoms with Gasteiger partial charge in [0.25, 0.3) is 0 Å². The highest BCUT2D eigenvalue weighted by Gasteiger charge is 2.20. The predicted molar refractivity (Wildman–Crippen MR) is 170 cm³/mol. The van der Waals surface area contributed by atoms with E-state index >= 15 is 0 Å². The largest absolute Gasteiger partial charge is 0.309 e. The molecule has 194 valence electrons. The van der Waals surface area contributed by atoms with Crippen molar-refractivity contribution >= 4 is 43.6 Å². The number of benzene rings is 6. The lowest BCUT2D eigenvalue weighted by molar-refractivity contribution is 1.18. The molecule has 4 nitrogen and oxygen atoms in total. The Kier molecular flexibility index (Phi) is 5.22. The second-order valence-corrected chi connectivity index (χ2v) is 10.4. The van der Waals surface area contributed by atoms with E-state index in [4.69, 9.17) is 0 Å². The molecule has 0 saturated heterocycles. The van der Waals surface area contributed by atoms with E-state index in [0.717, 1.165) is 55.3 Å². The van der Waals surface area contributed by atoms with E-state index in [0.29, 0.717) is 11.1 Å². The minimum absolute atomic E-state index is 0.641. The Morgan fingerprint density at radius 2 is 1.02 bits per heavy atom. The highest BCUT2D eigenvalue weighted by molar-refractivity contribution is 6.17. The van der Waals surface area contributed by atoms with Crippen LogP contribution < -0.4 is 0 Å². The van der Waals surface area contributed by atoms with Crippen LogP contribution in [-0.4, -0.2) is 9.13 Å². The monoisotopic (exact) mass is 534 g/mol. The summed E-state index contributed by atoms with van der Waals surface area (Å²) in [6.45, 7) is 0. The Hall–Kier alpha value is -6.10. The van der Waals surface area contributed by atoms with Crippen LogP contribution in [0.1, 0.15) is 11.1 Å². The quantitative estimate of drug-likeness (QED) is 0.227. The lowest BCUT2D eigenvalue weighted by Crippen LogP contribution is -1.97. The van der Waals surface area contributed by atoms with Crippen LogP contribution in [0.5, 0.6) is 0 Å². The van der Waals surface area contributed by atoms with Gasteiger partial charge in [0.1, 0.15) is 0 Å². The molecule has 0 unspecified atom stereocenters. The highest BCUT2D eigenvalue weighted by atomic mass is 15.0. The van der Waals surface area contributed by atoms with Crippen LogP contribution in [-0.2, 0) is 0 Å². The molecule has 0 aliphatic rings. The Balaban J connectivity index is 1.46. The lowest BCUT2D eigenvalue weighted by atomic mass is 9.97. The zero-order chi connectivity index (χ0) is 28.2. The number of nitriles is 2. The molecule has 0 radical (unpaired) electrons. The van der Waals surface area contributed by atoms with Gasteiger partial charge in [-0.05, 0) is 72.3 Å². The first-order chi connectivity index (χ1) is 20.8. The maximum Gasteiger partial charge on any atom is 0.0991 e. The second kappa shape index (κ2) is 9.24. The maximum atomic E-state index is 9.61. The summed E-state index contributed by atoms with van der Waals surface area (Å²) in [7, 11) is 0. The molecule has 0 atom stereocenters. The molecule has 6 aromatic carbocycles. The number of hydrogen-bond acceptors (Lipinski definition) is 2. The first kappa shape index (κ1) is 23.8. The molecule has 2 heterocycles. The smallest absolute Gasteiger partial charge is 0.0991 e.